The summed E-state index contributed by atoms with van der Waals surface area (Å²) in [6, 6.07) is 15.8. The predicted octanol–water partition coefficient (Wildman–Crippen LogP) is 8.19. The van der Waals surface area contributed by atoms with Crippen molar-refractivity contribution in [1.29, 1.82) is 0 Å². The van der Waals surface area contributed by atoms with Gasteiger partial charge in [-0.1, -0.05) is 44.2 Å². The van der Waals surface area contributed by atoms with E-state index in [-0.39, 0.29) is 5.91 Å². The zero-order chi connectivity index (χ0) is 30.8. The number of thiophene rings is 2. The third-order valence-electron chi connectivity index (χ3n) is 8.84. The van der Waals surface area contributed by atoms with Crippen LogP contribution in [0.3, 0.4) is 0 Å². The monoisotopic (exact) mass is 713 g/mol. The van der Waals surface area contributed by atoms with Gasteiger partial charge in [0, 0.05) is 41.9 Å². The van der Waals surface area contributed by atoms with Crippen LogP contribution in [0.4, 0.5) is 11.4 Å². The van der Waals surface area contributed by atoms with Crippen LogP contribution in [-0.2, 0) is 11.0 Å². The third-order valence-corrected chi connectivity index (χ3v) is 13.4. The number of piperazine rings is 1. The van der Waals surface area contributed by atoms with Gasteiger partial charge in [0.2, 0.25) is 0 Å². The number of hydrogen-bond donors (Lipinski definition) is 1. The highest BCUT2D eigenvalue weighted by Crippen LogP contribution is 2.37. The molecule has 3 heterocycles. The summed E-state index contributed by atoms with van der Waals surface area (Å²) in [5, 5.41) is 12.4. The van der Waals surface area contributed by atoms with E-state index in [2.05, 4.69) is 33.0 Å². The second-order valence-corrected chi connectivity index (χ2v) is 15.8. The van der Waals surface area contributed by atoms with Crippen LogP contribution in [0, 0.1) is 12.8 Å². The van der Waals surface area contributed by atoms with Gasteiger partial charge < -0.3 is 14.9 Å². The van der Waals surface area contributed by atoms with Crippen molar-refractivity contribution in [2.75, 3.05) is 41.9 Å². The number of fused-ring (bicyclic) bond motifs is 1. The summed E-state index contributed by atoms with van der Waals surface area (Å²) < 4.78 is 18.3. The first kappa shape index (κ1) is 31.3. The Bertz CT molecular complexity index is 1690. The normalized spacial score (nSPS) is 16.8. The Balaban J connectivity index is 1.28. The first-order valence-corrected chi connectivity index (χ1v) is 18.7. The zero-order valence-electron chi connectivity index (χ0n) is 24.7. The summed E-state index contributed by atoms with van der Waals surface area (Å²) in [5.74, 6) is -0.249. The van der Waals surface area contributed by atoms with E-state index in [9.17, 15) is 18.9 Å². The van der Waals surface area contributed by atoms with Gasteiger partial charge in [-0.25, -0.2) is 9.00 Å². The molecule has 0 radical (unpaired) electrons. The molecular formula is C33H36BrN3O4S3. The van der Waals surface area contributed by atoms with Crippen molar-refractivity contribution in [3.05, 3.63) is 73.7 Å². The molecule has 4 aromatic rings. The van der Waals surface area contributed by atoms with Gasteiger partial charge in [-0.05, 0) is 87.9 Å². The fourth-order valence-electron chi connectivity index (χ4n) is 6.39. The molecule has 1 saturated heterocycles. The molecule has 1 unspecified atom stereocenters. The zero-order valence-corrected chi connectivity index (χ0v) is 28.7. The van der Waals surface area contributed by atoms with Crippen molar-refractivity contribution in [1.82, 2.24) is 4.90 Å². The summed E-state index contributed by atoms with van der Waals surface area (Å²) in [7, 11) is -1.50. The second-order valence-electron chi connectivity index (χ2n) is 11.5. The molecule has 1 amide bonds. The molecule has 2 aromatic carbocycles. The van der Waals surface area contributed by atoms with Crippen molar-refractivity contribution in [2.24, 2.45) is 5.92 Å². The van der Waals surface area contributed by atoms with Crippen LogP contribution in [-0.4, -0.2) is 58.8 Å². The maximum atomic E-state index is 14.5. The van der Waals surface area contributed by atoms with Crippen LogP contribution >= 0.6 is 38.6 Å². The second kappa shape index (κ2) is 13.7. The summed E-state index contributed by atoms with van der Waals surface area (Å²) >= 11 is 6.22. The summed E-state index contributed by atoms with van der Waals surface area (Å²) in [6.45, 7) is 5.10. The van der Waals surface area contributed by atoms with Gasteiger partial charge in [0.05, 0.1) is 16.3 Å². The number of benzene rings is 2. The van der Waals surface area contributed by atoms with E-state index < -0.39 is 17.0 Å². The molecule has 1 saturated carbocycles. The summed E-state index contributed by atoms with van der Waals surface area (Å²) in [6.07, 6.45) is 7.23. The van der Waals surface area contributed by atoms with E-state index in [1.165, 1.54) is 54.8 Å². The van der Waals surface area contributed by atoms with Crippen LogP contribution in [0.5, 0.6) is 0 Å². The Hall–Kier alpha value is -2.73. The molecule has 6 rings (SSSR count). The number of para-hydroxylation sites is 2. The van der Waals surface area contributed by atoms with Crippen molar-refractivity contribution in [2.45, 2.75) is 50.3 Å². The van der Waals surface area contributed by atoms with Crippen LogP contribution in [0.2, 0.25) is 0 Å². The van der Waals surface area contributed by atoms with Gasteiger partial charge in [-0.3, -0.25) is 9.10 Å². The maximum Gasteiger partial charge on any atom is 0.346 e. The lowest BCUT2D eigenvalue weighted by atomic mass is 9.87. The number of aryl methyl sites for hydroxylation is 1. The number of carboxylic acids is 1. The van der Waals surface area contributed by atoms with E-state index >= 15 is 0 Å². The molecule has 0 bridgehead atoms. The van der Waals surface area contributed by atoms with Gasteiger partial charge in [0.1, 0.15) is 9.75 Å². The van der Waals surface area contributed by atoms with E-state index in [0.29, 0.717) is 54.0 Å². The third kappa shape index (κ3) is 6.47. The minimum Gasteiger partial charge on any atom is -0.477 e. The lowest BCUT2D eigenvalue weighted by molar-refractivity contribution is 0.0700. The number of anilines is 2. The van der Waals surface area contributed by atoms with E-state index in [4.69, 9.17) is 0 Å². The highest BCUT2D eigenvalue weighted by Gasteiger charge is 2.28. The highest BCUT2D eigenvalue weighted by atomic mass is 79.9. The van der Waals surface area contributed by atoms with Gasteiger partial charge in [0.15, 0.2) is 11.0 Å². The Labute approximate surface area is 277 Å². The van der Waals surface area contributed by atoms with Crippen molar-refractivity contribution in [3.8, 4) is 0 Å². The number of carbonyl (C=O) groups is 2. The highest BCUT2D eigenvalue weighted by molar-refractivity contribution is 9.10. The number of amides is 1. The molecule has 2 aromatic heterocycles. The molecule has 2 fully saturated rings. The quantitative estimate of drug-likeness (QED) is 0.189. The average molecular weight is 715 g/mol. The van der Waals surface area contributed by atoms with E-state index in [1.54, 1.807) is 0 Å². The molecule has 44 heavy (non-hydrogen) atoms. The molecule has 7 nitrogen and oxygen atoms in total. The van der Waals surface area contributed by atoms with Crippen molar-refractivity contribution >= 4 is 82.9 Å². The summed E-state index contributed by atoms with van der Waals surface area (Å²) in [5.41, 5.74) is 2.66. The van der Waals surface area contributed by atoms with Gasteiger partial charge in [-0.2, -0.15) is 0 Å². The molecule has 2 aliphatic rings. The molecule has 1 N–H and O–H groups in total. The number of aromatic carboxylic acids is 1. The first-order chi connectivity index (χ1) is 21.3. The standard InChI is InChI=1S/C33H36BrN3O4S3/c1-22-25-21-24(11-12-29(25)43-30(22)33(39)40)44(41)37(15-13-23-7-3-2-4-8-23)28-10-6-5-9-27(28)35-16-18-36(19-17-35)32(38)31-26(34)14-20-42-31/h5-6,9-12,14,20-21,23H,2-4,7-8,13,15-19H2,1H3,(H,39,40). The average Bonchev–Trinajstić information content (AvgIpc) is 3.63. The number of hydrogen-bond acceptors (Lipinski definition) is 6. The molecule has 1 aliphatic heterocycles. The van der Waals surface area contributed by atoms with Crippen LogP contribution in [0.15, 0.2) is 63.3 Å². The molecule has 1 aliphatic carbocycles. The largest absolute Gasteiger partial charge is 0.477 e. The molecule has 11 heteroatoms. The molecular weight excluding hydrogens is 678 g/mol. The number of nitrogens with zero attached hydrogens (tertiary/aromatic N) is 3. The minimum atomic E-state index is -1.50. The topological polar surface area (TPSA) is 81.2 Å². The molecule has 1 atom stereocenters. The van der Waals surface area contributed by atoms with Gasteiger partial charge in [0.25, 0.3) is 5.91 Å². The lowest BCUT2D eigenvalue weighted by Gasteiger charge is -2.38. The van der Waals surface area contributed by atoms with Gasteiger partial charge in [-0.15, -0.1) is 22.7 Å². The fraction of sp³-hybridized carbons (Fsp3) is 0.394. The van der Waals surface area contributed by atoms with E-state index in [1.807, 2.05) is 57.9 Å². The minimum absolute atomic E-state index is 0.0557. The Morgan fingerprint density at radius 1 is 1.02 bits per heavy atom. The first-order valence-electron chi connectivity index (χ1n) is 15.1. The number of carbonyl (C=O) groups excluding carboxylic acids is 1. The fourth-order valence-corrected chi connectivity index (χ4v) is 10.2. The SMILES string of the molecule is Cc1c(C(=O)O)sc2ccc(S(=O)N(CCC3CCCCC3)c3ccccc3N3CCN(C(=O)c4sccc4Br)CC3)cc12. The van der Waals surface area contributed by atoms with E-state index in [0.717, 1.165) is 37.2 Å². The predicted molar refractivity (Wildman–Crippen MR) is 185 cm³/mol. The Kier molecular flexibility index (Phi) is 9.75. The van der Waals surface area contributed by atoms with Gasteiger partial charge >= 0.3 is 5.97 Å². The number of halogens is 1. The summed E-state index contributed by atoms with van der Waals surface area (Å²) in [4.78, 5) is 30.9. The molecule has 0 spiro atoms. The Morgan fingerprint density at radius 3 is 2.48 bits per heavy atom. The Morgan fingerprint density at radius 2 is 1.77 bits per heavy atom. The van der Waals surface area contributed by atoms with Crippen LogP contribution < -0.4 is 9.21 Å². The van der Waals surface area contributed by atoms with Crippen molar-refractivity contribution < 1.29 is 18.9 Å². The van der Waals surface area contributed by atoms with Crippen LogP contribution in [0.1, 0.15) is 63.4 Å². The van der Waals surface area contributed by atoms with Crippen molar-refractivity contribution in [3.63, 3.8) is 0 Å². The number of rotatable bonds is 9. The smallest absolute Gasteiger partial charge is 0.346 e. The molecule has 232 valence electrons. The van der Waals surface area contributed by atoms with Crippen LogP contribution in [0.25, 0.3) is 10.1 Å². The number of carboxylic acid groups (broad SMARTS) is 1. The maximum absolute atomic E-state index is 14.5. The lowest BCUT2D eigenvalue weighted by Crippen LogP contribution is -2.49.